The minimum atomic E-state index is 0.0548. The summed E-state index contributed by atoms with van der Waals surface area (Å²) in [5.41, 5.74) is 4.27. The molecule has 1 aliphatic heterocycles. The predicted molar refractivity (Wildman–Crippen MR) is 89.7 cm³/mol. The molecular formula is C18H16N4O2. The number of benzene rings is 1. The first-order valence-electron chi connectivity index (χ1n) is 7.69. The van der Waals surface area contributed by atoms with Crippen molar-refractivity contribution >= 4 is 11.6 Å². The van der Waals surface area contributed by atoms with Crippen LogP contribution >= 0.6 is 0 Å². The molecule has 0 bridgehead atoms. The van der Waals surface area contributed by atoms with Crippen LogP contribution in [0.15, 0.2) is 48.7 Å². The van der Waals surface area contributed by atoms with Gasteiger partial charge in [0.05, 0.1) is 31.3 Å². The summed E-state index contributed by atoms with van der Waals surface area (Å²) in [6.45, 7) is 0.480. The second-order valence-corrected chi connectivity index (χ2v) is 5.58. The zero-order valence-electron chi connectivity index (χ0n) is 13.2. The summed E-state index contributed by atoms with van der Waals surface area (Å²) in [4.78, 5) is 18.6. The number of para-hydroxylation sites is 1. The van der Waals surface area contributed by atoms with Crippen molar-refractivity contribution in [1.29, 1.82) is 0 Å². The maximum atomic E-state index is 12.6. The van der Waals surface area contributed by atoms with Crippen LogP contribution in [0.25, 0.3) is 11.3 Å². The number of hydrogen-bond acceptors (Lipinski definition) is 4. The molecule has 1 amide bonds. The SMILES string of the molecule is COc1ncccc1-c1n[nH]c2c1CC(=O)N(c1ccccc1)C2. The van der Waals surface area contributed by atoms with Gasteiger partial charge in [-0.15, -0.1) is 0 Å². The van der Waals surface area contributed by atoms with E-state index in [4.69, 9.17) is 4.74 Å². The van der Waals surface area contributed by atoms with E-state index in [0.717, 1.165) is 28.2 Å². The number of carbonyl (C=O) groups is 1. The monoisotopic (exact) mass is 320 g/mol. The Morgan fingerprint density at radius 2 is 2.00 bits per heavy atom. The Labute approximate surface area is 139 Å². The van der Waals surface area contributed by atoms with Gasteiger partial charge < -0.3 is 9.64 Å². The summed E-state index contributed by atoms with van der Waals surface area (Å²) in [7, 11) is 1.58. The summed E-state index contributed by atoms with van der Waals surface area (Å²) in [5.74, 6) is 0.559. The number of ether oxygens (including phenoxy) is 1. The molecular weight excluding hydrogens is 304 g/mol. The van der Waals surface area contributed by atoms with Crippen molar-refractivity contribution < 1.29 is 9.53 Å². The number of nitrogens with one attached hydrogen (secondary N) is 1. The van der Waals surface area contributed by atoms with Crippen molar-refractivity contribution in [2.45, 2.75) is 13.0 Å². The number of H-pyrrole nitrogens is 1. The lowest BCUT2D eigenvalue weighted by molar-refractivity contribution is -0.118. The fraction of sp³-hybridized carbons (Fsp3) is 0.167. The van der Waals surface area contributed by atoms with Crippen LogP contribution in [0.1, 0.15) is 11.3 Å². The van der Waals surface area contributed by atoms with Crippen LogP contribution in [0.5, 0.6) is 5.88 Å². The molecule has 0 unspecified atom stereocenters. The van der Waals surface area contributed by atoms with Gasteiger partial charge in [0.15, 0.2) is 0 Å². The lowest BCUT2D eigenvalue weighted by atomic mass is 9.99. The molecule has 0 saturated carbocycles. The Morgan fingerprint density at radius 1 is 1.17 bits per heavy atom. The quantitative estimate of drug-likeness (QED) is 0.805. The number of methoxy groups -OCH3 is 1. The van der Waals surface area contributed by atoms with Crippen LogP contribution in [0.4, 0.5) is 5.69 Å². The van der Waals surface area contributed by atoms with Crippen molar-refractivity contribution in [2.24, 2.45) is 0 Å². The minimum Gasteiger partial charge on any atom is -0.481 e. The lowest BCUT2D eigenvalue weighted by Crippen LogP contribution is -2.36. The molecule has 2 aromatic heterocycles. The fourth-order valence-electron chi connectivity index (χ4n) is 3.02. The zero-order valence-corrected chi connectivity index (χ0v) is 13.2. The smallest absolute Gasteiger partial charge is 0.231 e. The average Bonchev–Trinajstić information content (AvgIpc) is 3.04. The summed E-state index contributed by atoms with van der Waals surface area (Å²) in [5, 5.41) is 7.48. The Kier molecular flexibility index (Phi) is 3.49. The van der Waals surface area contributed by atoms with E-state index in [0.29, 0.717) is 18.8 Å². The molecule has 6 nitrogen and oxygen atoms in total. The first-order valence-corrected chi connectivity index (χ1v) is 7.69. The highest BCUT2D eigenvalue weighted by Gasteiger charge is 2.29. The van der Waals surface area contributed by atoms with Gasteiger partial charge in [0.2, 0.25) is 11.8 Å². The first kappa shape index (κ1) is 14.4. The molecule has 0 atom stereocenters. The highest BCUT2D eigenvalue weighted by atomic mass is 16.5. The molecule has 0 fully saturated rings. The molecule has 0 saturated heterocycles. The zero-order chi connectivity index (χ0) is 16.5. The van der Waals surface area contributed by atoms with Crippen LogP contribution in [0.2, 0.25) is 0 Å². The van der Waals surface area contributed by atoms with Gasteiger partial charge in [0, 0.05) is 17.4 Å². The molecule has 4 rings (SSSR count). The maximum absolute atomic E-state index is 12.6. The van der Waals surface area contributed by atoms with Crippen molar-refractivity contribution in [2.75, 3.05) is 12.0 Å². The van der Waals surface area contributed by atoms with Gasteiger partial charge in [-0.2, -0.15) is 5.10 Å². The predicted octanol–water partition coefficient (Wildman–Crippen LogP) is 2.57. The third-order valence-corrected chi connectivity index (χ3v) is 4.19. The lowest BCUT2D eigenvalue weighted by Gasteiger charge is -2.27. The number of pyridine rings is 1. The van der Waals surface area contributed by atoms with E-state index in [2.05, 4.69) is 15.2 Å². The molecule has 1 aliphatic rings. The summed E-state index contributed by atoms with van der Waals surface area (Å²) in [6.07, 6.45) is 1.97. The van der Waals surface area contributed by atoms with Gasteiger partial charge in [-0.3, -0.25) is 9.89 Å². The van der Waals surface area contributed by atoms with E-state index in [9.17, 15) is 4.79 Å². The summed E-state index contributed by atoms with van der Waals surface area (Å²) in [6, 6.07) is 13.4. The van der Waals surface area contributed by atoms with Gasteiger partial charge in [-0.25, -0.2) is 4.98 Å². The average molecular weight is 320 g/mol. The number of nitrogens with zero attached hydrogens (tertiary/aromatic N) is 3. The van der Waals surface area contributed by atoms with Crippen LogP contribution in [-0.2, 0) is 17.8 Å². The molecule has 120 valence electrons. The van der Waals surface area contributed by atoms with E-state index in [-0.39, 0.29) is 5.91 Å². The van der Waals surface area contributed by atoms with Crippen LogP contribution in [0, 0.1) is 0 Å². The molecule has 3 heterocycles. The number of aromatic nitrogens is 3. The fourth-order valence-corrected chi connectivity index (χ4v) is 3.02. The number of amides is 1. The normalized spacial score (nSPS) is 13.7. The second-order valence-electron chi connectivity index (χ2n) is 5.58. The van der Waals surface area contributed by atoms with Crippen LogP contribution < -0.4 is 9.64 Å². The number of carbonyl (C=O) groups excluding carboxylic acids is 1. The van der Waals surface area contributed by atoms with Crippen molar-refractivity contribution in [3.63, 3.8) is 0 Å². The van der Waals surface area contributed by atoms with Gasteiger partial charge in [-0.1, -0.05) is 18.2 Å². The Bertz CT molecular complexity index is 889. The number of rotatable bonds is 3. The van der Waals surface area contributed by atoms with Gasteiger partial charge in [-0.05, 0) is 24.3 Å². The molecule has 1 aromatic carbocycles. The molecule has 6 heteroatoms. The molecule has 3 aromatic rings. The molecule has 1 N–H and O–H groups in total. The highest BCUT2D eigenvalue weighted by molar-refractivity contribution is 5.97. The molecule has 0 spiro atoms. The van der Waals surface area contributed by atoms with Gasteiger partial charge >= 0.3 is 0 Å². The van der Waals surface area contributed by atoms with Crippen molar-refractivity contribution in [3.8, 4) is 17.1 Å². The Morgan fingerprint density at radius 3 is 2.79 bits per heavy atom. The maximum Gasteiger partial charge on any atom is 0.231 e. The van der Waals surface area contributed by atoms with E-state index in [1.807, 2.05) is 42.5 Å². The van der Waals surface area contributed by atoms with Crippen LogP contribution in [-0.4, -0.2) is 28.2 Å². The topological polar surface area (TPSA) is 71.1 Å². The van der Waals surface area contributed by atoms with E-state index < -0.39 is 0 Å². The minimum absolute atomic E-state index is 0.0548. The summed E-state index contributed by atoms with van der Waals surface area (Å²) >= 11 is 0. The van der Waals surface area contributed by atoms with E-state index in [1.165, 1.54) is 0 Å². The molecule has 0 radical (unpaired) electrons. The number of fused-ring (bicyclic) bond motifs is 1. The highest BCUT2D eigenvalue weighted by Crippen LogP contribution is 2.34. The van der Waals surface area contributed by atoms with Crippen molar-refractivity contribution in [3.05, 3.63) is 59.9 Å². The summed E-state index contributed by atoms with van der Waals surface area (Å²) < 4.78 is 5.32. The number of aromatic amines is 1. The van der Waals surface area contributed by atoms with E-state index in [1.54, 1.807) is 18.2 Å². The second kappa shape index (κ2) is 5.81. The van der Waals surface area contributed by atoms with Gasteiger partial charge in [0.1, 0.15) is 5.69 Å². The third-order valence-electron chi connectivity index (χ3n) is 4.19. The van der Waals surface area contributed by atoms with E-state index >= 15 is 0 Å². The largest absolute Gasteiger partial charge is 0.481 e. The molecule has 0 aliphatic carbocycles. The Hall–Kier alpha value is -3.15. The third kappa shape index (κ3) is 2.32. The first-order chi connectivity index (χ1) is 11.8. The number of anilines is 1. The standard InChI is InChI=1S/C18H16N4O2/c1-24-18-13(8-5-9-19-18)17-14-10-16(23)22(11-15(14)20-21-17)12-6-3-2-4-7-12/h2-9H,10-11H2,1H3,(H,20,21). The van der Waals surface area contributed by atoms with Crippen LogP contribution in [0.3, 0.4) is 0 Å². The number of hydrogen-bond donors (Lipinski definition) is 1. The molecule has 24 heavy (non-hydrogen) atoms. The van der Waals surface area contributed by atoms with Crippen molar-refractivity contribution in [1.82, 2.24) is 15.2 Å². The Balaban J connectivity index is 1.73. The van der Waals surface area contributed by atoms with Gasteiger partial charge in [0.25, 0.3) is 0 Å².